The van der Waals surface area contributed by atoms with E-state index in [0.717, 1.165) is 109 Å². The van der Waals surface area contributed by atoms with Crippen LogP contribution in [0.5, 0.6) is 5.95 Å². The van der Waals surface area contributed by atoms with Gasteiger partial charge >= 0.3 is 0 Å². The van der Waals surface area contributed by atoms with Crippen molar-refractivity contribution in [3.63, 3.8) is 0 Å². The lowest BCUT2D eigenvalue weighted by molar-refractivity contribution is -0.127. The fourth-order valence-electron chi connectivity index (χ4n) is 8.41. The predicted octanol–water partition coefficient (Wildman–Crippen LogP) is 10.6. The molecule has 6 heterocycles. The minimum absolute atomic E-state index is 0. The maximum atomic E-state index is 13.4. The number of pyridine rings is 2. The maximum Gasteiger partial charge on any atom is 0.285 e. The molecule has 2 saturated heterocycles. The number of amides is 2. The van der Waals surface area contributed by atoms with E-state index in [-0.39, 0.29) is 48.8 Å². The van der Waals surface area contributed by atoms with E-state index in [4.69, 9.17) is 13.6 Å². The third-order valence-corrected chi connectivity index (χ3v) is 12.1. The summed E-state index contributed by atoms with van der Waals surface area (Å²) in [7, 11) is 1.59. The Morgan fingerprint density at radius 1 is 0.647 bits per heavy atom. The van der Waals surface area contributed by atoms with Crippen molar-refractivity contribution in [2.24, 2.45) is 11.8 Å². The number of benzene rings is 4. The zero-order chi connectivity index (χ0) is 46.4. The second-order valence-electron chi connectivity index (χ2n) is 16.6. The molecule has 4 aromatic heterocycles. The summed E-state index contributed by atoms with van der Waals surface area (Å²) < 4.78 is 42.8. The summed E-state index contributed by atoms with van der Waals surface area (Å²) in [5, 5.41) is 11.7. The van der Waals surface area contributed by atoms with Crippen molar-refractivity contribution >= 4 is 33.8 Å². The van der Waals surface area contributed by atoms with E-state index < -0.39 is 6.04 Å². The number of halogens is 2. The average Bonchev–Trinajstić information content (AvgIpc) is 4.01. The van der Waals surface area contributed by atoms with Gasteiger partial charge in [0, 0.05) is 41.1 Å². The van der Waals surface area contributed by atoms with Crippen LogP contribution in [-0.4, -0.2) is 60.0 Å². The van der Waals surface area contributed by atoms with Gasteiger partial charge in [0.25, 0.3) is 5.95 Å². The van der Waals surface area contributed by atoms with Crippen LogP contribution in [0, 0.1) is 23.5 Å². The molecule has 8 aromatic rings. The van der Waals surface area contributed by atoms with Crippen molar-refractivity contribution in [1.82, 2.24) is 30.8 Å². The fraction of sp³-hybridized carbons (Fsp3) is 0.273. The summed E-state index contributed by atoms with van der Waals surface area (Å²) in [6.45, 7) is 4.14. The van der Waals surface area contributed by atoms with E-state index in [2.05, 4.69) is 43.0 Å². The molecule has 68 heavy (non-hydrogen) atoms. The second-order valence-corrected chi connectivity index (χ2v) is 16.6. The van der Waals surface area contributed by atoms with E-state index in [1.165, 1.54) is 24.3 Å². The first-order valence-corrected chi connectivity index (χ1v) is 22.7. The fourth-order valence-corrected chi connectivity index (χ4v) is 8.41. The van der Waals surface area contributed by atoms with Crippen molar-refractivity contribution in [3.8, 4) is 5.95 Å². The van der Waals surface area contributed by atoms with Gasteiger partial charge in [-0.15, -0.1) is 0 Å². The van der Waals surface area contributed by atoms with Crippen molar-refractivity contribution in [2.75, 3.05) is 33.3 Å². The number of hydrogen-bond donors (Lipinski definition) is 3. The highest BCUT2D eigenvalue weighted by atomic mass is 19.1. The number of methoxy groups -OCH3 is 1. The highest BCUT2D eigenvalue weighted by Crippen LogP contribution is 2.28. The molecule has 0 saturated carbocycles. The number of aromatic nitrogens is 2. The molecule has 0 aliphatic carbocycles. The van der Waals surface area contributed by atoms with E-state index in [1.54, 1.807) is 43.8 Å². The van der Waals surface area contributed by atoms with Crippen molar-refractivity contribution in [2.45, 2.75) is 51.7 Å². The van der Waals surface area contributed by atoms with Gasteiger partial charge in [0.2, 0.25) is 11.8 Å². The molecule has 11 nitrogen and oxygen atoms in total. The number of likely N-dealkylation sites (tertiary alicyclic amines) is 1. The van der Waals surface area contributed by atoms with Gasteiger partial charge in [0.05, 0.1) is 37.1 Å². The van der Waals surface area contributed by atoms with Gasteiger partial charge in [0.15, 0.2) is 0 Å². The molecule has 352 valence electrons. The number of furan rings is 2. The Morgan fingerprint density at radius 2 is 1.12 bits per heavy atom. The average molecular weight is 921 g/mol. The van der Waals surface area contributed by atoms with Crippen LogP contribution in [0.3, 0.4) is 0 Å². The van der Waals surface area contributed by atoms with Gasteiger partial charge in [0.1, 0.15) is 28.6 Å². The molecule has 0 spiro atoms. The molecule has 2 unspecified atom stereocenters. The standard InChI is InChI=1S/C27H26FN3O2.C18H20FN3O.C9H8O2.CH4/c28-22-10-8-19(9-11-22)26(24-6-3-4-14-29-24)30-27(32)20-12-15-31(16-13-20)18-23-17-21-5-1-2-7-25(21)33-23;19-15-6-4-13(5-7-15)17(16-3-1-2-10-21-16)22-18(23)14-8-11-20-12-9-14;1-10-9-6-7-4-2-3-5-8(7)11-9;/h1-11,14,17,20,26H,12-13,15-16,18H2,(H,30,32);1-7,10,14,17,20H,8-9,11-12H2,(H,22,23);2-6H,1H3;1H4. The monoisotopic (exact) mass is 920 g/mol. The van der Waals surface area contributed by atoms with Crippen LogP contribution in [0.1, 0.15) is 73.5 Å². The van der Waals surface area contributed by atoms with Gasteiger partial charge in [-0.3, -0.25) is 24.5 Å². The number of fused-ring (bicyclic) bond motifs is 2. The number of carbonyl (C=O) groups excluding carboxylic acids is 2. The number of nitrogens with one attached hydrogen (secondary N) is 3. The summed E-state index contributed by atoms with van der Waals surface area (Å²) in [6.07, 6.45) is 6.64. The van der Waals surface area contributed by atoms with Gasteiger partial charge in [-0.2, -0.15) is 0 Å². The molecule has 2 aliphatic rings. The van der Waals surface area contributed by atoms with Gasteiger partial charge in [-0.1, -0.05) is 80.2 Å². The van der Waals surface area contributed by atoms with Crippen LogP contribution in [0.25, 0.3) is 21.9 Å². The van der Waals surface area contributed by atoms with Crippen molar-refractivity contribution in [1.29, 1.82) is 0 Å². The molecule has 0 bridgehead atoms. The predicted molar refractivity (Wildman–Crippen MR) is 261 cm³/mol. The SMILES string of the molecule is C.COc1cc2ccccc2o1.O=C(NC(c1ccc(F)cc1)c1ccccn1)C1CCN(Cc2cc3ccccc3o2)CC1.O=C(NC(c1ccc(F)cc1)c1ccccn1)C1CCNCC1. The molecular formula is C55H58F2N6O5. The van der Waals surface area contributed by atoms with Crippen LogP contribution in [0.2, 0.25) is 0 Å². The molecular weight excluding hydrogens is 863 g/mol. The van der Waals surface area contributed by atoms with Gasteiger partial charge < -0.3 is 29.5 Å². The number of ether oxygens (including phenoxy) is 1. The summed E-state index contributed by atoms with van der Waals surface area (Å²) in [4.78, 5) is 36.8. The first-order valence-electron chi connectivity index (χ1n) is 22.7. The largest absolute Gasteiger partial charge is 0.468 e. The first-order chi connectivity index (χ1) is 32.8. The summed E-state index contributed by atoms with van der Waals surface area (Å²) in [6, 6.07) is 42.6. The van der Waals surface area contributed by atoms with E-state index in [1.807, 2.05) is 84.9 Å². The normalized spacial score (nSPS) is 15.1. The van der Waals surface area contributed by atoms with Crippen LogP contribution in [-0.2, 0) is 16.1 Å². The number of nitrogens with zero attached hydrogens (tertiary/aromatic N) is 3. The smallest absolute Gasteiger partial charge is 0.285 e. The molecule has 2 aliphatic heterocycles. The lowest BCUT2D eigenvalue weighted by Crippen LogP contribution is -2.41. The number of piperidine rings is 2. The molecule has 3 N–H and O–H groups in total. The Hall–Kier alpha value is -7.22. The molecule has 2 atom stereocenters. The number of para-hydroxylation sites is 2. The minimum Gasteiger partial charge on any atom is -0.468 e. The number of rotatable bonds is 11. The summed E-state index contributed by atoms with van der Waals surface area (Å²) >= 11 is 0. The van der Waals surface area contributed by atoms with Crippen LogP contribution in [0.4, 0.5) is 8.78 Å². The Bertz CT molecular complexity index is 2720. The third-order valence-electron chi connectivity index (χ3n) is 12.1. The van der Waals surface area contributed by atoms with Gasteiger partial charge in [-0.25, -0.2) is 8.78 Å². The Morgan fingerprint density at radius 3 is 1.59 bits per heavy atom. The number of carbonyl (C=O) groups is 2. The molecule has 4 aromatic carbocycles. The van der Waals surface area contributed by atoms with Crippen LogP contribution < -0.4 is 20.7 Å². The molecule has 13 heteroatoms. The first kappa shape index (κ1) is 48.7. The van der Waals surface area contributed by atoms with E-state index >= 15 is 0 Å². The lowest BCUT2D eigenvalue weighted by Gasteiger charge is -2.31. The zero-order valence-electron chi connectivity index (χ0n) is 37.3. The van der Waals surface area contributed by atoms with E-state index in [9.17, 15) is 18.4 Å². The van der Waals surface area contributed by atoms with Crippen molar-refractivity contribution in [3.05, 3.63) is 198 Å². The Kier molecular flexibility index (Phi) is 17.2. The second kappa shape index (κ2) is 24.0. The van der Waals surface area contributed by atoms with Crippen molar-refractivity contribution < 1.29 is 31.9 Å². The lowest BCUT2D eigenvalue weighted by atomic mass is 9.94. The zero-order valence-corrected chi connectivity index (χ0v) is 37.3. The Balaban J connectivity index is 0.000000169. The third kappa shape index (κ3) is 13.0. The molecule has 2 amide bonds. The minimum atomic E-state index is -0.409. The highest BCUT2D eigenvalue weighted by Gasteiger charge is 2.29. The summed E-state index contributed by atoms with van der Waals surface area (Å²) in [5.41, 5.74) is 4.90. The highest BCUT2D eigenvalue weighted by molar-refractivity contribution is 5.81. The van der Waals surface area contributed by atoms with Crippen LogP contribution in [0.15, 0.2) is 167 Å². The summed E-state index contributed by atoms with van der Waals surface area (Å²) in [5.74, 6) is 0.910. The molecule has 2 fully saturated rings. The molecule has 10 rings (SSSR count). The maximum absolute atomic E-state index is 13.4. The quantitative estimate of drug-likeness (QED) is 0.116. The van der Waals surface area contributed by atoms with Crippen LogP contribution >= 0.6 is 0 Å². The topological polar surface area (TPSA) is 135 Å². The van der Waals surface area contributed by atoms with E-state index in [0.29, 0.717) is 5.95 Å². The van der Waals surface area contributed by atoms with Gasteiger partial charge in [-0.05, 0) is 130 Å². The number of hydrogen-bond acceptors (Lipinski definition) is 9. The molecule has 0 radical (unpaired) electrons. The Labute approximate surface area is 395 Å².